The fourth-order valence-electron chi connectivity index (χ4n) is 1.85. The van der Waals surface area contributed by atoms with E-state index in [1.54, 1.807) is 0 Å². The summed E-state index contributed by atoms with van der Waals surface area (Å²) in [6, 6.07) is 0.253. The smallest absolute Gasteiger partial charge is 0.377 e. The van der Waals surface area contributed by atoms with E-state index < -0.39 is 5.97 Å². The molecule has 0 aromatic carbocycles. The number of carbonyl (C=O) groups is 1. The molecule has 1 heterocycles. The molecule has 1 saturated carbocycles. The van der Waals surface area contributed by atoms with E-state index in [2.05, 4.69) is 10.1 Å². The zero-order valence-corrected chi connectivity index (χ0v) is 8.22. The third kappa shape index (κ3) is 2.15. The number of hydrogen-bond acceptors (Lipinski definition) is 5. The standard InChI is InChI=1S/C9H13N3O3/c10-6-3-1-5(2-4-6)8-11-7(9(13)14)12-15-8/h5-6H,1-4,10H2,(H,13,14). The van der Waals surface area contributed by atoms with E-state index in [-0.39, 0.29) is 17.8 Å². The normalized spacial score (nSPS) is 26.5. The van der Waals surface area contributed by atoms with Gasteiger partial charge in [-0.25, -0.2) is 4.79 Å². The minimum atomic E-state index is -1.16. The van der Waals surface area contributed by atoms with Gasteiger partial charge in [-0.2, -0.15) is 4.98 Å². The highest BCUT2D eigenvalue weighted by atomic mass is 16.5. The van der Waals surface area contributed by atoms with Crippen LogP contribution in [0, 0.1) is 0 Å². The molecule has 6 heteroatoms. The Kier molecular flexibility index (Phi) is 2.68. The van der Waals surface area contributed by atoms with E-state index in [9.17, 15) is 4.79 Å². The molecular weight excluding hydrogens is 198 g/mol. The first-order valence-corrected chi connectivity index (χ1v) is 4.99. The van der Waals surface area contributed by atoms with Crippen LogP contribution in [-0.4, -0.2) is 27.3 Å². The highest BCUT2D eigenvalue weighted by Gasteiger charge is 2.25. The van der Waals surface area contributed by atoms with Gasteiger partial charge >= 0.3 is 5.97 Å². The van der Waals surface area contributed by atoms with Crippen LogP contribution >= 0.6 is 0 Å². The third-order valence-electron chi connectivity index (χ3n) is 2.75. The van der Waals surface area contributed by atoms with E-state index in [1.807, 2.05) is 0 Å². The van der Waals surface area contributed by atoms with Crippen molar-refractivity contribution in [3.8, 4) is 0 Å². The predicted octanol–water partition coefficient (Wildman–Crippen LogP) is 0.753. The van der Waals surface area contributed by atoms with Gasteiger partial charge in [0.1, 0.15) is 0 Å². The first-order chi connectivity index (χ1) is 7.16. The lowest BCUT2D eigenvalue weighted by atomic mass is 9.86. The molecule has 0 aliphatic heterocycles. The number of aromatic carboxylic acids is 1. The summed E-state index contributed by atoms with van der Waals surface area (Å²) < 4.78 is 4.92. The summed E-state index contributed by atoms with van der Waals surface area (Å²) in [7, 11) is 0. The summed E-state index contributed by atoms with van der Waals surface area (Å²) in [6.45, 7) is 0. The van der Waals surface area contributed by atoms with Gasteiger partial charge in [0.05, 0.1) is 0 Å². The van der Waals surface area contributed by atoms with E-state index >= 15 is 0 Å². The van der Waals surface area contributed by atoms with Crippen molar-refractivity contribution in [2.75, 3.05) is 0 Å². The maximum Gasteiger partial charge on any atom is 0.377 e. The molecule has 3 N–H and O–H groups in total. The SMILES string of the molecule is NC1CCC(c2nc(C(=O)O)no2)CC1. The number of hydrogen-bond donors (Lipinski definition) is 2. The number of carboxylic acids is 1. The summed E-state index contributed by atoms with van der Waals surface area (Å²) in [5, 5.41) is 12.0. The highest BCUT2D eigenvalue weighted by Crippen LogP contribution is 2.30. The Morgan fingerprint density at radius 1 is 1.40 bits per heavy atom. The largest absolute Gasteiger partial charge is 0.475 e. The maximum absolute atomic E-state index is 10.5. The second-order valence-corrected chi connectivity index (χ2v) is 3.87. The van der Waals surface area contributed by atoms with Gasteiger partial charge in [-0.3, -0.25) is 0 Å². The quantitative estimate of drug-likeness (QED) is 0.748. The lowest BCUT2D eigenvalue weighted by molar-refractivity contribution is 0.0680. The van der Waals surface area contributed by atoms with Crippen molar-refractivity contribution >= 4 is 5.97 Å². The molecule has 0 spiro atoms. The second kappa shape index (κ2) is 3.98. The average Bonchev–Trinajstić information content (AvgIpc) is 2.68. The number of aromatic nitrogens is 2. The molecule has 2 rings (SSSR count). The molecule has 15 heavy (non-hydrogen) atoms. The van der Waals surface area contributed by atoms with E-state index in [1.165, 1.54) is 0 Å². The molecule has 0 atom stereocenters. The van der Waals surface area contributed by atoms with Gasteiger partial charge < -0.3 is 15.4 Å². The zero-order chi connectivity index (χ0) is 10.8. The summed E-state index contributed by atoms with van der Waals surface area (Å²) >= 11 is 0. The summed E-state index contributed by atoms with van der Waals surface area (Å²) in [5.41, 5.74) is 5.77. The zero-order valence-electron chi connectivity index (χ0n) is 8.22. The molecule has 6 nitrogen and oxygen atoms in total. The minimum Gasteiger partial charge on any atom is -0.475 e. The van der Waals surface area contributed by atoms with Crippen LogP contribution in [-0.2, 0) is 0 Å². The van der Waals surface area contributed by atoms with Crippen molar-refractivity contribution in [3.05, 3.63) is 11.7 Å². The molecule has 0 radical (unpaired) electrons. The van der Waals surface area contributed by atoms with Crippen molar-refractivity contribution in [2.45, 2.75) is 37.6 Å². The van der Waals surface area contributed by atoms with Gasteiger partial charge in [0.15, 0.2) is 0 Å². The van der Waals surface area contributed by atoms with Gasteiger partial charge in [-0.15, -0.1) is 0 Å². The van der Waals surface area contributed by atoms with Crippen LogP contribution in [0.3, 0.4) is 0 Å². The fourth-order valence-corrected chi connectivity index (χ4v) is 1.85. The Labute approximate surface area is 86.5 Å². The van der Waals surface area contributed by atoms with Crippen LogP contribution in [0.4, 0.5) is 0 Å². The lowest BCUT2D eigenvalue weighted by Crippen LogP contribution is -2.25. The number of rotatable bonds is 2. The van der Waals surface area contributed by atoms with Gasteiger partial charge in [-0.05, 0) is 30.8 Å². The van der Waals surface area contributed by atoms with Crippen LogP contribution in [0.1, 0.15) is 48.1 Å². The van der Waals surface area contributed by atoms with Crippen LogP contribution in [0.15, 0.2) is 4.52 Å². The molecule has 1 aliphatic rings. The minimum absolute atomic E-state index is 0.172. The topological polar surface area (TPSA) is 102 Å². The van der Waals surface area contributed by atoms with Crippen molar-refractivity contribution in [2.24, 2.45) is 5.73 Å². The molecule has 1 aromatic heterocycles. The average molecular weight is 211 g/mol. The van der Waals surface area contributed by atoms with Crippen molar-refractivity contribution in [3.63, 3.8) is 0 Å². The first-order valence-electron chi connectivity index (χ1n) is 4.99. The number of carboxylic acid groups (broad SMARTS) is 1. The van der Waals surface area contributed by atoms with Crippen LogP contribution < -0.4 is 5.73 Å². The van der Waals surface area contributed by atoms with Crippen LogP contribution in [0.25, 0.3) is 0 Å². The van der Waals surface area contributed by atoms with E-state index in [0.717, 1.165) is 25.7 Å². The second-order valence-electron chi connectivity index (χ2n) is 3.87. The molecule has 0 amide bonds. The fraction of sp³-hybridized carbons (Fsp3) is 0.667. The monoisotopic (exact) mass is 211 g/mol. The Morgan fingerprint density at radius 2 is 2.07 bits per heavy atom. The van der Waals surface area contributed by atoms with Crippen LogP contribution in [0.5, 0.6) is 0 Å². The Bertz CT molecular complexity index is 355. The van der Waals surface area contributed by atoms with Crippen molar-refractivity contribution in [1.82, 2.24) is 10.1 Å². The highest BCUT2D eigenvalue weighted by molar-refractivity contribution is 5.82. The third-order valence-corrected chi connectivity index (χ3v) is 2.75. The van der Waals surface area contributed by atoms with Gasteiger partial charge in [-0.1, -0.05) is 0 Å². The number of nitrogens with zero attached hydrogens (tertiary/aromatic N) is 2. The lowest BCUT2D eigenvalue weighted by Gasteiger charge is -2.22. The molecule has 0 unspecified atom stereocenters. The van der Waals surface area contributed by atoms with Gasteiger partial charge in [0, 0.05) is 12.0 Å². The van der Waals surface area contributed by atoms with Gasteiger partial charge in [0.2, 0.25) is 5.89 Å². The van der Waals surface area contributed by atoms with E-state index in [0.29, 0.717) is 5.89 Å². The molecule has 1 aromatic rings. The van der Waals surface area contributed by atoms with E-state index in [4.69, 9.17) is 15.4 Å². The Hall–Kier alpha value is -1.43. The first kappa shape index (κ1) is 10.1. The molecule has 1 fully saturated rings. The number of nitrogens with two attached hydrogens (primary N) is 1. The van der Waals surface area contributed by atoms with Crippen molar-refractivity contribution < 1.29 is 14.4 Å². The maximum atomic E-state index is 10.5. The molecule has 0 bridgehead atoms. The van der Waals surface area contributed by atoms with Crippen molar-refractivity contribution in [1.29, 1.82) is 0 Å². The molecule has 1 aliphatic carbocycles. The summed E-state index contributed by atoms with van der Waals surface area (Å²) in [4.78, 5) is 14.4. The Morgan fingerprint density at radius 3 is 2.60 bits per heavy atom. The summed E-state index contributed by atoms with van der Waals surface area (Å²) in [6.07, 6.45) is 3.63. The molecule has 0 saturated heterocycles. The Balaban J connectivity index is 2.06. The molecule has 82 valence electrons. The summed E-state index contributed by atoms with van der Waals surface area (Å²) in [5.74, 6) is -0.818. The predicted molar refractivity (Wildman–Crippen MR) is 50.4 cm³/mol. The molecular formula is C9H13N3O3. The van der Waals surface area contributed by atoms with Crippen LogP contribution in [0.2, 0.25) is 0 Å². The van der Waals surface area contributed by atoms with Gasteiger partial charge in [0.25, 0.3) is 5.82 Å².